The Morgan fingerprint density at radius 1 is 1.22 bits per heavy atom. The fourth-order valence-electron chi connectivity index (χ4n) is 4.44. The van der Waals surface area contributed by atoms with Crippen LogP contribution in [0.25, 0.3) is 11.0 Å². The number of H-pyrrole nitrogens is 1. The molecule has 2 N–H and O–H groups in total. The van der Waals surface area contributed by atoms with Gasteiger partial charge in [-0.2, -0.15) is 0 Å². The summed E-state index contributed by atoms with van der Waals surface area (Å²) >= 11 is 0. The van der Waals surface area contributed by atoms with E-state index in [0.29, 0.717) is 19.0 Å². The summed E-state index contributed by atoms with van der Waals surface area (Å²) in [5.41, 5.74) is 4.96. The number of piperidine rings is 1. The number of methoxy groups -OCH3 is 1. The first-order valence-electron chi connectivity index (χ1n) is 10.9. The van der Waals surface area contributed by atoms with Crippen molar-refractivity contribution in [3.8, 4) is 0 Å². The van der Waals surface area contributed by atoms with Crippen LogP contribution >= 0.6 is 0 Å². The number of benzene rings is 1. The average molecular weight is 436 g/mol. The number of imidazole rings is 1. The summed E-state index contributed by atoms with van der Waals surface area (Å²) in [7, 11) is 1.32. The molecule has 0 aliphatic carbocycles. The molecule has 4 rings (SSSR count). The third-order valence-corrected chi connectivity index (χ3v) is 6.20. The van der Waals surface area contributed by atoms with E-state index in [1.54, 1.807) is 0 Å². The number of carbonyl (C=O) groups excluding carboxylic acids is 2. The predicted octanol–water partition coefficient (Wildman–Crippen LogP) is 3.77. The second-order valence-corrected chi connectivity index (χ2v) is 8.30. The van der Waals surface area contributed by atoms with Crippen LogP contribution in [-0.4, -0.2) is 52.1 Å². The summed E-state index contributed by atoms with van der Waals surface area (Å²) in [4.78, 5) is 39.3. The molecule has 1 atom stereocenters. The van der Waals surface area contributed by atoms with Crippen LogP contribution in [0.2, 0.25) is 0 Å². The molecule has 1 aliphatic heterocycles. The van der Waals surface area contributed by atoms with Crippen LogP contribution in [0.3, 0.4) is 0 Å². The van der Waals surface area contributed by atoms with E-state index in [9.17, 15) is 9.59 Å². The predicted molar refractivity (Wildman–Crippen MR) is 121 cm³/mol. The first kappa shape index (κ1) is 21.8. The zero-order valence-electron chi connectivity index (χ0n) is 18.7. The van der Waals surface area contributed by atoms with Crippen LogP contribution in [0, 0.1) is 13.8 Å². The van der Waals surface area contributed by atoms with Gasteiger partial charge in [-0.3, -0.25) is 9.78 Å². The molecule has 168 valence electrons. The topological polar surface area (TPSA) is 100 Å². The standard InChI is InChI=1S/C24H29N5O3/c1-15-22-23(27-16(2)26-22)19(14-25-15)17-9-11-29(12-10-17)21(30)13-20(28-24(31)32-3)18-7-5-4-6-8-18/h4-8,14,17,20H,9-13H2,1-3H3,(H,26,27)(H,28,31). The fourth-order valence-corrected chi connectivity index (χ4v) is 4.44. The number of hydrogen-bond acceptors (Lipinski definition) is 5. The van der Waals surface area contributed by atoms with Gasteiger partial charge in [0.2, 0.25) is 5.91 Å². The summed E-state index contributed by atoms with van der Waals surface area (Å²) in [6.07, 6.45) is 3.30. The van der Waals surface area contributed by atoms with Crippen molar-refractivity contribution < 1.29 is 14.3 Å². The smallest absolute Gasteiger partial charge is 0.407 e. The van der Waals surface area contributed by atoms with Gasteiger partial charge in [-0.1, -0.05) is 30.3 Å². The highest BCUT2D eigenvalue weighted by molar-refractivity contribution is 5.81. The number of nitrogens with zero attached hydrogens (tertiary/aromatic N) is 3. The van der Waals surface area contributed by atoms with Crippen molar-refractivity contribution in [2.75, 3.05) is 20.2 Å². The van der Waals surface area contributed by atoms with Gasteiger partial charge in [-0.15, -0.1) is 0 Å². The molecule has 0 radical (unpaired) electrons. The number of aromatic nitrogens is 3. The summed E-state index contributed by atoms with van der Waals surface area (Å²) in [6.45, 7) is 5.27. The lowest BCUT2D eigenvalue weighted by molar-refractivity contribution is -0.132. The van der Waals surface area contributed by atoms with Crippen molar-refractivity contribution in [3.05, 3.63) is 59.2 Å². The van der Waals surface area contributed by atoms with E-state index in [0.717, 1.165) is 46.5 Å². The molecule has 1 aromatic carbocycles. The van der Waals surface area contributed by atoms with E-state index < -0.39 is 12.1 Å². The molecule has 32 heavy (non-hydrogen) atoms. The van der Waals surface area contributed by atoms with Gasteiger partial charge in [0.15, 0.2) is 0 Å². The fraction of sp³-hybridized carbons (Fsp3) is 0.417. The maximum Gasteiger partial charge on any atom is 0.407 e. The van der Waals surface area contributed by atoms with Gasteiger partial charge >= 0.3 is 6.09 Å². The summed E-state index contributed by atoms with van der Waals surface area (Å²) in [5.74, 6) is 1.22. The summed E-state index contributed by atoms with van der Waals surface area (Å²) in [5, 5.41) is 2.79. The molecule has 3 heterocycles. The lowest BCUT2D eigenvalue weighted by atomic mass is 9.89. The lowest BCUT2D eigenvalue weighted by Crippen LogP contribution is -2.40. The zero-order chi connectivity index (χ0) is 22.7. The highest BCUT2D eigenvalue weighted by Crippen LogP contribution is 2.33. The number of amides is 2. The minimum Gasteiger partial charge on any atom is -0.453 e. The molecule has 8 nitrogen and oxygen atoms in total. The summed E-state index contributed by atoms with van der Waals surface area (Å²) in [6, 6.07) is 9.07. The first-order chi connectivity index (χ1) is 15.5. The minimum absolute atomic E-state index is 0.0245. The van der Waals surface area contributed by atoms with Crippen molar-refractivity contribution in [3.63, 3.8) is 0 Å². The highest BCUT2D eigenvalue weighted by atomic mass is 16.5. The number of nitrogens with one attached hydrogen (secondary N) is 2. The number of aryl methyl sites for hydroxylation is 2. The van der Waals surface area contributed by atoms with E-state index in [1.807, 2.05) is 55.3 Å². The van der Waals surface area contributed by atoms with Gasteiger partial charge in [-0.05, 0) is 38.2 Å². The Hall–Kier alpha value is -3.42. The maximum absolute atomic E-state index is 13.1. The normalized spacial score (nSPS) is 15.5. The zero-order valence-corrected chi connectivity index (χ0v) is 18.7. The van der Waals surface area contributed by atoms with E-state index >= 15 is 0 Å². The molecule has 1 fully saturated rings. The Balaban J connectivity index is 1.43. The highest BCUT2D eigenvalue weighted by Gasteiger charge is 2.28. The van der Waals surface area contributed by atoms with Gasteiger partial charge in [0.1, 0.15) is 5.82 Å². The van der Waals surface area contributed by atoms with Crippen LogP contribution < -0.4 is 5.32 Å². The van der Waals surface area contributed by atoms with E-state index in [2.05, 4.69) is 20.3 Å². The number of likely N-dealkylation sites (tertiary alicyclic amines) is 1. The lowest BCUT2D eigenvalue weighted by Gasteiger charge is -2.33. The molecule has 1 saturated heterocycles. The Morgan fingerprint density at radius 2 is 1.94 bits per heavy atom. The number of aromatic amines is 1. The Morgan fingerprint density at radius 3 is 2.62 bits per heavy atom. The SMILES string of the molecule is COC(=O)NC(CC(=O)N1CCC(c2cnc(C)c3[nH]c(C)nc23)CC1)c1ccccc1. The van der Waals surface area contributed by atoms with Gasteiger partial charge in [0.05, 0.1) is 36.3 Å². The monoisotopic (exact) mass is 435 g/mol. The van der Waals surface area contributed by atoms with Gasteiger partial charge < -0.3 is 19.9 Å². The number of ether oxygens (including phenoxy) is 1. The largest absolute Gasteiger partial charge is 0.453 e. The molecule has 0 bridgehead atoms. The third kappa shape index (κ3) is 4.59. The number of pyridine rings is 1. The van der Waals surface area contributed by atoms with E-state index in [-0.39, 0.29) is 12.3 Å². The van der Waals surface area contributed by atoms with E-state index in [4.69, 9.17) is 4.74 Å². The third-order valence-electron chi connectivity index (χ3n) is 6.20. The molecule has 2 aromatic heterocycles. The second kappa shape index (κ2) is 9.38. The maximum atomic E-state index is 13.1. The minimum atomic E-state index is -0.546. The molecule has 3 aromatic rings. The molecule has 0 saturated carbocycles. The van der Waals surface area contributed by atoms with Crippen molar-refractivity contribution in [1.29, 1.82) is 0 Å². The number of hydrogen-bond donors (Lipinski definition) is 2. The Bertz CT molecular complexity index is 1100. The van der Waals surface area contributed by atoms with Crippen LogP contribution in [0.5, 0.6) is 0 Å². The van der Waals surface area contributed by atoms with Crippen LogP contribution in [0.4, 0.5) is 4.79 Å². The first-order valence-corrected chi connectivity index (χ1v) is 10.9. The van der Waals surface area contributed by atoms with E-state index in [1.165, 1.54) is 7.11 Å². The Kier molecular flexibility index (Phi) is 6.39. The van der Waals surface area contributed by atoms with Crippen molar-refractivity contribution >= 4 is 23.0 Å². The van der Waals surface area contributed by atoms with Gasteiger partial charge in [-0.25, -0.2) is 9.78 Å². The summed E-state index contributed by atoms with van der Waals surface area (Å²) < 4.78 is 4.75. The van der Waals surface area contributed by atoms with Crippen LogP contribution in [-0.2, 0) is 9.53 Å². The second-order valence-electron chi connectivity index (χ2n) is 8.30. The molecule has 1 unspecified atom stereocenters. The molecular weight excluding hydrogens is 406 g/mol. The van der Waals surface area contributed by atoms with Gasteiger partial charge in [0.25, 0.3) is 0 Å². The number of alkyl carbamates (subject to hydrolysis) is 1. The average Bonchev–Trinajstić information content (AvgIpc) is 3.21. The molecule has 2 amide bonds. The van der Waals surface area contributed by atoms with Crippen molar-refractivity contribution in [2.24, 2.45) is 0 Å². The Labute approximate surface area is 187 Å². The quantitative estimate of drug-likeness (QED) is 0.635. The van der Waals surface area contributed by atoms with Crippen LogP contribution in [0.15, 0.2) is 36.5 Å². The van der Waals surface area contributed by atoms with Crippen LogP contribution in [0.1, 0.15) is 53.9 Å². The van der Waals surface area contributed by atoms with Crippen molar-refractivity contribution in [2.45, 2.75) is 45.1 Å². The molecule has 8 heteroatoms. The number of rotatable bonds is 5. The van der Waals surface area contributed by atoms with Gasteiger partial charge in [0, 0.05) is 24.8 Å². The number of carbonyl (C=O) groups is 2. The molecule has 1 aliphatic rings. The molecular formula is C24H29N5O3. The molecule has 0 spiro atoms. The number of fused-ring (bicyclic) bond motifs is 1. The van der Waals surface area contributed by atoms with Crippen molar-refractivity contribution in [1.82, 2.24) is 25.2 Å².